The van der Waals surface area contributed by atoms with Crippen LogP contribution in [0.5, 0.6) is 11.5 Å². The molecule has 0 bridgehead atoms. The van der Waals surface area contributed by atoms with Gasteiger partial charge in [0.15, 0.2) is 0 Å². The molecular weight excluding hydrogens is 346 g/mol. The van der Waals surface area contributed by atoms with Gasteiger partial charge in [-0.3, -0.25) is 0 Å². The Balaban J connectivity index is 1.89. The van der Waals surface area contributed by atoms with E-state index in [0.29, 0.717) is 11.7 Å². The van der Waals surface area contributed by atoms with Crippen molar-refractivity contribution in [2.45, 2.75) is 77.7 Å². The van der Waals surface area contributed by atoms with E-state index in [-0.39, 0.29) is 11.5 Å². The first-order chi connectivity index (χ1) is 13.4. The van der Waals surface area contributed by atoms with Gasteiger partial charge in [0, 0.05) is 40.9 Å². The van der Waals surface area contributed by atoms with E-state index in [0.717, 1.165) is 48.1 Å². The number of aryl methyl sites for hydroxylation is 1. The molecule has 4 rings (SSSR count). The average molecular weight is 380 g/mol. The van der Waals surface area contributed by atoms with E-state index < -0.39 is 0 Å². The van der Waals surface area contributed by atoms with Crippen LogP contribution in [0.25, 0.3) is 11.1 Å². The predicted octanol–water partition coefficient (Wildman–Crippen LogP) is 6.73. The Labute approximate surface area is 168 Å². The summed E-state index contributed by atoms with van der Waals surface area (Å²) in [5.74, 6) is 1.90. The van der Waals surface area contributed by atoms with Crippen molar-refractivity contribution in [2.75, 3.05) is 0 Å². The number of hydrogen-bond acceptors (Lipinski definition) is 2. The first-order valence-electron chi connectivity index (χ1n) is 10.8. The van der Waals surface area contributed by atoms with Crippen molar-refractivity contribution in [3.8, 4) is 22.6 Å². The number of phenols is 1. The number of fused-ring (bicyclic) bond motifs is 3. The molecular formula is C25H33NO2. The highest BCUT2D eigenvalue weighted by Crippen LogP contribution is 2.55. The summed E-state index contributed by atoms with van der Waals surface area (Å²) >= 11 is 0. The monoisotopic (exact) mass is 379 g/mol. The smallest absolute Gasteiger partial charge is 0.131 e. The lowest BCUT2D eigenvalue weighted by atomic mass is 9.67. The summed E-state index contributed by atoms with van der Waals surface area (Å²) in [6, 6.07) is 4.26. The van der Waals surface area contributed by atoms with Crippen molar-refractivity contribution in [1.29, 1.82) is 0 Å². The summed E-state index contributed by atoms with van der Waals surface area (Å²) in [5, 5.41) is 11.5. The summed E-state index contributed by atoms with van der Waals surface area (Å²) in [6.45, 7) is 8.84. The summed E-state index contributed by atoms with van der Waals surface area (Å²) in [6.07, 6.45) is 13.0. The molecule has 2 N–H and O–H groups in total. The Morgan fingerprint density at radius 2 is 2.11 bits per heavy atom. The van der Waals surface area contributed by atoms with E-state index in [1.165, 1.54) is 24.0 Å². The molecule has 3 heteroatoms. The zero-order valence-electron chi connectivity index (χ0n) is 17.6. The van der Waals surface area contributed by atoms with Gasteiger partial charge in [-0.2, -0.15) is 0 Å². The maximum absolute atomic E-state index is 11.5. The highest BCUT2D eigenvalue weighted by molar-refractivity contribution is 5.78. The van der Waals surface area contributed by atoms with E-state index in [1.807, 2.05) is 12.4 Å². The minimum absolute atomic E-state index is 0.217. The molecule has 3 nitrogen and oxygen atoms in total. The molecule has 28 heavy (non-hydrogen) atoms. The van der Waals surface area contributed by atoms with Gasteiger partial charge in [-0.05, 0) is 64.2 Å². The van der Waals surface area contributed by atoms with Crippen LogP contribution < -0.4 is 4.74 Å². The van der Waals surface area contributed by atoms with Crippen molar-refractivity contribution in [3.05, 3.63) is 47.3 Å². The lowest BCUT2D eigenvalue weighted by Gasteiger charge is -2.46. The van der Waals surface area contributed by atoms with Gasteiger partial charge in [0.05, 0.1) is 0 Å². The van der Waals surface area contributed by atoms with Gasteiger partial charge in [0.1, 0.15) is 17.1 Å². The number of aromatic amines is 1. The summed E-state index contributed by atoms with van der Waals surface area (Å²) < 4.78 is 6.53. The van der Waals surface area contributed by atoms with E-state index in [4.69, 9.17) is 4.74 Å². The molecule has 2 unspecified atom stereocenters. The summed E-state index contributed by atoms with van der Waals surface area (Å²) in [5.41, 5.74) is 5.41. The number of allylic oxidation sites excluding steroid dienone is 2. The zero-order valence-corrected chi connectivity index (χ0v) is 17.6. The maximum Gasteiger partial charge on any atom is 0.131 e. The molecule has 2 aromatic rings. The third kappa shape index (κ3) is 3.25. The maximum atomic E-state index is 11.5. The standard InChI is InChI=1S/C25H33NO2/c1-5-6-7-8-17-14-21-23(24(27)22(17)18-11-12-26-15-18)19-13-16(2)9-10-20(19)25(3,4)28-21/h11-15,19-20,26-27H,5-10H2,1-4H3. The van der Waals surface area contributed by atoms with Crippen LogP contribution in [0, 0.1) is 5.92 Å². The number of phenolic OH excluding ortho intramolecular Hbond substituents is 1. The number of aromatic nitrogens is 1. The van der Waals surface area contributed by atoms with Crippen LogP contribution in [0.3, 0.4) is 0 Å². The molecule has 0 saturated carbocycles. The number of rotatable bonds is 5. The van der Waals surface area contributed by atoms with Crippen LogP contribution in [0.2, 0.25) is 0 Å². The quantitative estimate of drug-likeness (QED) is 0.447. The fourth-order valence-corrected chi connectivity index (χ4v) is 5.17. The molecule has 2 aliphatic rings. The van der Waals surface area contributed by atoms with Gasteiger partial charge >= 0.3 is 0 Å². The fourth-order valence-electron chi connectivity index (χ4n) is 5.17. The Kier molecular flexibility index (Phi) is 5.03. The average Bonchev–Trinajstić information content (AvgIpc) is 3.15. The van der Waals surface area contributed by atoms with E-state index in [9.17, 15) is 5.11 Å². The third-order valence-corrected chi connectivity index (χ3v) is 6.67. The SMILES string of the molecule is CCCCCc1cc2c(c(O)c1-c1cc[nH]c1)C1C=C(C)CCC1C(C)(C)O2. The van der Waals surface area contributed by atoms with Crippen LogP contribution in [0.4, 0.5) is 0 Å². The molecule has 2 heterocycles. The van der Waals surface area contributed by atoms with Gasteiger partial charge in [-0.25, -0.2) is 0 Å². The Hall–Kier alpha value is -2.16. The molecule has 1 aliphatic heterocycles. The second-order valence-corrected chi connectivity index (χ2v) is 9.12. The van der Waals surface area contributed by atoms with Gasteiger partial charge in [-0.1, -0.05) is 31.4 Å². The molecule has 1 aromatic carbocycles. The number of aromatic hydroxyl groups is 1. The largest absolute Gasteiger partial charge is 0.507 e. The lowest BCUT2D eigenvalue weighted by molar-refractivity contribution is 0.0108. The number of nitrogens with one attached hydrogen (secondary N) is 1. The summed E-state index contributed by atoms with van der Waals surface area (Å²) in [7, 11) is 0. The molecule has 1 aromatic heterocycles. The molecule has 0 radical (unpaired) electrons. The van der Waals surface area contributed by atoms with E-state index >= 15 is 0 Å². The topological polar surface area (TPSA) is 45.2 Å². The predicted molar refractivity (Wildman–Crippen MR) is 115 cm³/mol. The Morgan fingerprint density at radius 3 is 2.82 bits per heavy atom. The van der Waals surface area contributed by atoms with Crippen LogP contribution in [-0.4, -0.2) is 15.7 Å². The normalized spacial score (nSPS) is 22.8. The molecule has 2 atom stereocenters. The van der Waals surface area contributed by atoms with Gasteiger partial charge in [-0.15, -0.1) is 0 Å². The minimum Gasteiger partial charge on any atom is -0.507 e. The van der Waals surface area contributed by atoms with E-state index in [2.05, 4.69) is 50.9 Å². The van der Waals surface area contributed by atoms with E-state index in [1.54, 1.807) is 0 Å². The van der Waals surface area contributed by atoms with Gasteiger partial charge < -0.3 is 14.8 Å². The second-order valence-electron chi connectivity index (χ2n) is 9.12. The van der Waals surface area contributed by atoms with Crippen LogP contribution in [0.1, 0.15) is 76.8 Å². The van der Waals surface area contributed by atoms with Crippen molar-refractivity contribution < 1.29 is 9.84 Å². The first-order valence-corrected chi connectivity index (χ1v) is 10.8. The van der Waals surface area contributed by atoms with Gasteiger partial charge in [0.25, 0.3) is 0 Å². The molecule has 0 saturated heterocycles. The summed E-state index contributed by atoms with van der Waals surface area (Å²) in [4.78, 5) is 3.15. The van der Waals surface area contributed by atoms with Crippen LogP contribution >= 0.6 is 0 Å². The number of benzene rings is 1. The van der Waals surface area contributed by atoms with Crippen molar-refractivity contribution >= 4 is 0 Å². The molecule has 150 valence electrons. The Morgan fingerprint density at radius 1 is 1.29 bits per heavy atom. The fraction of sp³-hybridized carbons (Fsp3) is 0.520. The number of H-pyrrole nitrogens is 1. The van der Waals surface area contributed by atoms with Crippen molar-refractivity contribution in [3.63, 3.8) is 0 Å². The highest BCUT2D eigenvalue weighted by Gasteiger charge is 2.45. The number of unbranched alkanes of at least 4 members (excludes halogenated alkanes) is 2. The van der Waals surface area contributed by atoms with Crippen molar-refractivity contribution in [2.24, 2.45) is 5.92 Å². The molecule has 1 aliphatic carbocycles. The zero-order chi connectivity index (χ0) is 19.9. The molecule has 0 amide bonds. The third-order valence-electron chi connectivity index (χ3n) is 6.67. The number of hydrogen-bond donors (Lipinski definition) is 2. The highest BCUT2D eigenvalue weighted by atomic mass is 16.5. The Bertz CT molecular complexity index is 876. The molecule has 0 spiro atoms. The lowest BCUT2D eigenvalue weighted by Crippen LogP contribution is -2.45. The second kappa shape index (κ2) is 7.35. The number of ether oxygens (including phenoxy) is 1. The van der Waals surface area contributed by atoms with Gasteiger partial charge in [0.2, 0.25) is 0 Å². The molecule has 0 fully saturated rings. The first kappa shape index (κ1) is 19.2. The minimum atomic E-state index is -0.225. The van der Waals surface area contributed by atoms with Crippen LogP contribution in [-0.2, 0) is 6.42 Å². The van der Waals surface area contributed by atoms with Crippen molar-refractivity contribution in [1.82, 2.24) is 4.98 Å². The van der Waals surface area contributed by atoms with Crippen LogP contribution in [0.15, 0.2) is 36.2 Å².